The van der Waals surface area contributed by atoms with Crippen LogP contribution in [0.3, 0.4) is 0 Å². The quantitative estimate of drug-likeness (QED) is 0.754. The number of hydrogen-bond donors (Lipinski definition) is 1. The maximum atomic E-state index is 11.5. The molecule has 0 bridgehead atoms. The minimum atomic E-state index is -0.667. The van der Waals surface area contributed by atoms with Crippen LogP contribution in [0.2, 0.25) is 0 Å². The molecule has 2 nitrogen and oxygen atoms in total. The Hall–Kier alpha value is 0.110. The number of hydrogen-bond acceptors (Lipinski definition) is 2. The molecule has 1 fully saturated rings. The van der Waals surface area contributed by atoms with E-state index in [4.69, 9.17) is 0 Å². The van der Waals surface area contributed by atoms with E-state index < -0.39 is 10.8 Å². The Labute approximate surface area is 83.9 Å². The molecule has 4 atom stereocenters. The van der Waals surface area contributed by atoms with Crippen LogP contribution in [-0.4, -0.2) is 28.8 Å². The fraction of sp³-hybridized carbons (Fsp3) is 1.00. The minimum Gasteiger partial charge on any atom is -0.316 e. The summed E-state index contributed by atoms with van der Waals surface area (Å²) < 4.78 is 11.5. The first-order valence-corrected chi connectivity index (χ1v) is 6.80. The molecule has 0 aromatic carbocycles. The van der Waals surface area contributed by atoms with E-state index in [9.17, 15) is 4.21 Å². The first kappa shape index (κ1) is 11.2. The van der Waals surface area contributed by atoms with Crippen molar-refractivity contribution in [2.24, 2.45) is 5.92 Å². The Morgan fingerprint density at radius 3 is 2.62 bits per heavy atom. The topological polar surface area (TPSA) is 29.1 Å². The third-order valence-electron chi connectivity index (χ3n) is 3.27. The zero-order chi connectivity index (χ0) is 9.84. The molecule has 1 rings (SSSR count). The molecule has 0 radical (unpaired) electrons. The lowest BCUT2D eigenvalue weighted by Gasteiger charge is -2.34. The minimum absolute atomic E-state index is 0.378. The second-order valence-corrected chi connectivity index (χ2v) is 5.62. The summed E-state index contributed by atoms with van der Waals surface area (Å²) in [6.07, 6.45) is 6.72. The Bertz CT molecular complexity index is 184. The molecule has 13 heavy (non-hydrogen) atoms. The van der Waals surface area contributed by atoms with Crippen molar-refractivity contribution in [1.29, 1.82) is 0 Å². The highest BCUT2D eigenvalue weighted by atomic mass is 32.2. The molecule has 0 aromatic rings. The molecule has 4 unspecified atom stereocenters. The van der Waals surface area contributed by atoms with Gasteiger partial charge >= 0.3 is 0 Å². The highest BCUT2D eigenvalue weighted by Crippen LogP contribution is 2.29. The zero-order valence-electron chi connectivity index (χ0n) is 8.88. The van der Waals surface area contributed by atoms with E-state index in [1.54, 1.807) is 0 Å². The molecule has 1 aliphatic rings. The first-order valence-electron chi connectivity index (χ1n) is 5.18. The van der Waals surface area contributed by atoms with Gasteiger partial charge in [0.2, 0.25) is 0 Å². The third kappa shape index (κ3) is 2.78. The van der Waals surface area contributed by atoms with E-state index in [1.165, 1.54) is 19.3 Å². The van der Waals surface area contributed by atoms with Gasteiger partial charge in [0, 0.05) is 23.1 Å². The van der Waals surface area contributed by atoms with Gasteiger partial charge < -0.3 is 5.32 Å². The molecule has 3 heteroatoms. The normalized spacial score (nSPS) is 37.3. The van der Waals surface area contributed by atoms with Crippen LogP contribution < -0.4 is 5.32 Å². The lowest BCUT2D eigenvalue weighted by molar-refractivity contribution is 0.301. The lowest BCUT2D eigenvalue weighted by atomic mass is 9.84. The fourth-order valence-corrected chi connectivity index (χ4v) is 3.56. The van der Waals surface area contributed by atoms with Crippen molar-refractivity contribution < 1.29 is 4.21 Å². The largest absolute Gasteiger partial charge is 0.316 e. The molecule has 1 saturated carbocycles. The Balaban J connectivity index is 2.57. The van der Waals surface area contributed by atoms with Crippen molar-refractivity contribution in [3.05, 3.63) is 0 Å². The predicted molar refractivity (Wildman–Crippen MR) is 58.3 cm³/mol. The van der Waals surface area contributed by atoms with Crippen molar-refractivity contribution in [1.82, 2.24) is 5.32 Å². The highest BCUT2D eigenvalue weighted by molar-refractivity contribution is 7.85. The lowest BCUT2D eigenvalue weighted by Crippen LogP contribution is -2.44. The summed E-state index contributed by atoms with van der Waals surface area (Å²) in [5, 5.41) is 3.67. The summed E-state index contributed by atoms with van der Waals surface area (Å²) in [6, 6.07) is 0.480. The Kier molecular flexibility index (Phi) is 4.39. The molecule has 1 N–H and O–H groups in total. The van der Waals surface area contributed by atoms with E-state index in [2.05, 4.69) is 12.2 Å². The van der Waals surface area contributed by atoms with Crippen LogP contribution in [-0.2, 0) is 10.8 Å². The van der Waals surface area contributed by atoms with E-state index in [0.717, 1.165) is 12.3 Å². The Morgan fingerprint density at radius 2 is 2.15 bits per heavy atom. The first-order chi connectivity index (χ1) is 6.19. The molecule has 0 aliphatic heterocycles. The van der Waals surface area contributed by atoms with Gasteiger partial charge in [0.1, 0.15) is 0 Å². The third-order valence-corrected chi connectivity index (χ3v) is 4.65. The maximum Gasteiger partial charge on any atom is 0.0500 e. The summed E-state index contributed by atoms with van der Waals surface area (Å²) >= 11 is 0. The molecule has 0 heterocycles. The van der Waals surface area contributed by atoms with Crippen molar-refractivity contribution in [2.45, 2.75) is 43.9 Å². The monoisotopic (exact) mass is 203 g/mol. The smallest absolute Gasteiger partial charge is 0.0500 e. The summed E-state index contributed by atoms with van der Waals surface area (Å²) in [6.45, 7) is 2.24. The number of rotatable bonds is 3. The molecular formula is C10H21NOS. The van der Waals surface area contributed by atoms with E-state index in [1.807, 2.05) is 13.3 Å². The van der Waals surface area contributed by atoms with Gasteiger partial charge in [-0.15, -0.1) is 0 Å². The molecule has 0 amide bonds. The highest BCUT2D eigenvalue weighted by Gasteiger charge is 2.30. The van der Waals surface area contributed by atoms with Crippen LogP contribution in [0.15, 0.2) is 0 Å². The van der Waals surface area contributed by atoms with Crippen LogP contribution in [0.5, 0.6) is 0 Å². The van der Waals surface area contributed by atoms with Crippen molar-refractivity contribution >= 4 is 10.8 Å². The van der Waals surface area contributed by atoms with Crippen LogP contribution in [0.4, 0.5) is 0 Å². The summed E-state index contributed by atoms with van der Waals surface area (Å²) in [4.78, 5) is 0. The second-order valence-electron chi connectivity index (χ2n) is 4.02. The van der Waals surface area contributed by atoms with Gasteiger partial charge in [-0.2, -0.15) is 0 Å². The molecule has 1 aliphatic carbocycles. The van der Waals surface area contributed by atoms with Gasteiger partial charge in [-0.1, -0.05) is 13.3 Å². The van der Waals surface area contributed by atoms with Crippen LogP contribution >= 0.6 is 0 Å². The van der Waals surface area contributed by atoms with Gasteiger partial charge in [-0.3, -0.25) is 4.21 Å². The van der Waals surface area contributed by atoms with Gasteiger partial charge in [-0.05, 0) is 32.2 Å². The SMILES string of the molecule is CCC1CCC(NC)C(S(C)=O)C1. The summed E-state index contributed by atoms with van der Waals surface area (Å²) in [5.74, 6) is 0.804. The molecule has 0 aromatic heterocycles. The van der Waals surface area contributed by atoms with Crippen LogP contribution in [0.25, 0.3) is 0 Å². The molecule has 0 spiro atoms. The van der Waals surface area contributed by atoms with Gasteiger partial charge in [0.15, 0.2) is 0 Å². The maximum absolute atomic E-state index is 11.5. The summed E-state index contributed by atoms with van der Waals surface area (Å²) in [7, 11) is 1.32. The number of nitrogens with one attached hydrogen (secondary N) is 1. The van der Waals surface area contributed by atoms with Crippen molar-refractivity contribution in [3.63, 3.8) is 0 Å². The Morgan fingerprint density at radius 1 is 1.46 bits per heavy atom. The van der Waals surface area contributed by atoms with Gasteiger partial charge in [-0.25, -0.2) is 0 Å². The predicted octanol–water partition coefficient (Wildman–Crippen LogP) is 1.53. The van der Waals surface area contributed by atoms with Crippen LogP contribution in [0.1, 0.15) is 32.6 Å². The molecule has 0 saturated heterocycles. The van der Waals surface area contributed by atoms with Crippen LogP contribution in [0, 0.1) is 5.92 Å². The standard InChI is InChI=1S/C10H21NOS/c1-4-8-5-6-9(11-2)10(7-8)13(3)12/h8-11H,4-7H2,1-3H3. The van der Waals surface area contributed by atoms with E-state index >= 15 is 0 Å². The average Bonchev–Trinajstić information content (AvgIpc) is 2.16. The summed E-state index contributed by atoms with van der Waals surface area (Å²) in [5.41, 5.74) is 0. The second kappa shape index (κ2) is 5.11. The average molecular weight is 203 g/mol. The molecular weight excluding hydrogens is 182 g/mol. The molecule has 78 valence electrons. The van der Waals surface area contributed by atoms with Gasteiger partial charge in [0.05, 0.1) is 5.25 Å². The van der Waals surface area contributed by atoms with Crippen molar-refractivity contribution in [3.8, 4) is 0 Å². The van der Waals surface area contributed by atoms with Crippen molar-refractivity contribution in [2.75, 3.05) is 13.3 Å². The van der Waals surface area contributed by atoms with E-state index in [-0.39, 0.29) is 0 Å². The zero-order valence-corrected chi connectivity index (χ0v) is 9.69. The fourth-order valence-electron chi connectivity index (χ4n) is 2.28. The van der Waals surface area contributed by atoms with E-state index in [0.29, 0.717) is 11.3 Å². The van der Waals surface area contributed by atoms with Gasteiger partial charge in [0.25, 0.3) is 0 Å².